The molecule has 0 amide bonds. The minimum atomic E-state index is -3.69. The first-order valence-corrected chi connectivity index (χ1v) is 8.84. The fraction of sp³-hybridized carbons (Fsp3) is 0.312. The topological polar surface area (TPSA) is 123 Å². The van der Waals surface area contributed by atoms with Gasteiger partial charge in [0.1, 0.15) is 11.4 Å². The molecule has 0 bridgehead atoms. The van der Waals surface area contributed by atoms with Crippen molar-refractivity contribution in [2.45, 2.75) is 35.6 Å². The molecule has 0 saturated heterocycles. The largest absolute Gasteiger partial charge is 0.480 e. The molecular formula is C16H20N2O4S. The number of hydrogen-bond donors (Lipinski definition) is 3. The minimum absolute atomic E-state index is 0.159. The van der Waals surface area contributed by atoms with Crippen molar-refractivity contribution in [2.75, 3.05) is 0 Å². The van der Waals surface area contributed by atoms with E-state index < -0.39 is 27.2 Å². The summed E-state index contributed by atoms with van der Waals surface area (Å²) >= 11 is 0. The average Bonchev–Trinajstić information content (AvgIpc) is 2.53. The molecule has 0 saturated carbocycles. The van der Waals surface area contributed by atoms with Gasteiger partial charge in [-0.15, -0.1) is 0 Å². The second-order valence-electron chi connectivity index (χ2n) is 5.44. The number of carbonyl (C=O) groups is 1. The standard InChI is InChI=1S/C16H20N2O4S/c17-13(16(19)20)8-4-10-15(18)23(21,22)14-9-3-6-11-5-1-2-7-12(11)14/h1-3,5-7,9,13,15H,4,8,10,17-18H2,(H,19,20)/t13-,15?/m0/s1. The molecule has 6 nitrogen and oxygen atoms in total. The highest BCUT2D eigenvalue weighted by Crippen LogP contribution is 2.26. The Bertz CT molecular complexity index is 799. The number of rotatable bonds is 7. The van der Waals surface area contributed by atoms with Crippen LogP contribution in [0.1, 0.15) is 19.3 Å². The maximum Gasteiger partial charge on any atom is 0.320 e. The number of fused-ring (bicyclic) bond motifs is 1. The maximum atomic E-state index is 12.7. The number of nitrogens with two attached hydrogens (primary N) is 2. The first-order chi connectivity index (χ1) is 10.8. The molecule has 0 fully saturated rings. The number of carboxylic acid groups (broad SMARTS) is 1. The molecule has 23 heavy (non-hydrogen) atoms. The van der Waals surface area contributed by atoms with Crippen LogP contribution in [0, 0.1) is 0 Å². The lowest BCUT2D eigenvalue weighted by molar-refractivity contribution is -0.138. The van der Waals surface area contributed by atoms with Crippen molar-refractivity contribution < 1.29 is 18.3 Å². The van der Waals surface area contributed by atoms with Crippen LogP contribution in [0.15, 0.2) is 47.4 Å². The van der Waals surface area contributed by atoms with Gasteiger partial charge in [0, 0.05) is 5.39 Å². The highest BCUT2D eigenvalue weighted by atomic mass is 32.2. The van der Waals surface area contributed by atoms with Crippen LogP contribution in [-0.2, 0) is 14.6 Å². The molecule has 1 unspecified atom stereocenters. The van der Waals surface area contributed by atoms with Gasteiger partial charge in [-0.1, -0.05) is 36.4 Å². The fourth-order valence-electron chi connectivity index (χ4n) is 2.42. The molecule has 7 heteroatoms. The Morgan fingerprint density at radius 3 is 2.39 bits per heavy atom. The van der Waals surface area contributed by atoms with E-state index in [2.05, 4.69) is 0 Å². The van der Waals surface area contributed by atoms with Crippen molar-refractivity contribution >= 4 is 26.6 Å². The normalized spacial score (nSPS) is 14.5. The van der Waals surface area contributed by atoms with Crippen LogP contribution in [0.3, 0.4) is 0 Å². The Labute approximate surface area is 135 Å². The third kappa shape index (κ3) is 3.87. The summed E-state index contributed by atoms with van der Waals surface area (Å²) in [4.78, 5) is 10.9. The first-order valence-electron chi connectivity index (χ1n) is 7.29. The maximum absolute atomic E-state index is 12.7. The lowest BCUT2D eigenvalue weighted by atomic mass is 10.1. The lowest BCUT2D eigenvalue weighted by Gasteiger charge is -2.15. The van der Waals surface area contributed by atoms with Crippen molar-refractivity contribution in [3.8, 4) is 0 Å². The second-order valence-corrected chi connectivity index (χ2v) is 7.57. The van der Waals surface area contributed by atoms with E-state index in [4.69, 9.17) is 16.6 Å². The van der Waals surface area contributed by atoms with Gasteiger partial charge in [-0.3, -0.25) is 4.79 Å². The van der Waals surface area contributed by atoms with Crippen LogP contribution >= 0.6 is 0 Å². The second kappa shape index (κ2) is 7.08. The van der Waals surface area contributed by atoms with Gasteiger partial charge in [0.25, 0.3) is 0 Å². The van der Waals surface area contributed by atoms with Crippen molar-refractivity contribution in [2.24, 2.45) is 11.5 Å². The van der Waals surface area contributed by atoms with Crippen LogP contribution < -0.4 is 11.5 Å². The molecule has 2 rings (SSSR count). The van der Waals surface area contributed by atoms with Crippen LogP contribution in [-0.4, -0.2) is 30.9 Å². The summed E-state index contributed by atoms with van der Waals surface area (Å²) in [5.74, 6) is -1.10. The van der Waals surface area contributed by atoms with Crippen molar-refractivity contribution in [1.29, 1.82) is 0 Å². The van der Waals surface area contributed by atoms with Gasteiger partial charge in [0.05, 0.1) is 4.90 Å². The van der Waals surface area contributed by atoms with Gasteiger partial charge >= 0.3 is 5.97 Å². The number of aliphatic carboxylic acids is 1. The van der Waals surface area contributed by atoms with Gasteiger partial charge in [-0.25, -0.2) is 8.42 Å². The van der Waals surface area contributed by atoms with E-state index in [1.807, 2.05) is 18.2 Å². The molecule has 0 aliphatic heterocycles. The summed E-state index contributed by atoms with van der Waals surface area (Å²) in [6.07, 6.45) is 0.680. The third-order valence-corrected chi connectivity index (χ3v) is 5.78. The number of hydrogen-bond acceptors (Lipinski definition) is 5. The van der Waals surface area contributed by atoms with E-state index in [1.165, 1.54) is 0 Å². The molecule has 0 aliphatic rings. The number of carboxylic acids is 1. The summed E-state index contributed by atoms with van der Waals surface area (Å²) < 4.78 is 25.4. The molecule has 5 N–H and O–H groups in total. The molecule has 0 aliphatic carbocycles. The van der Waals surface area contributed by atoms with Gasteiger partial charge in [-0.05, 0) is 30.7 Å². The van der Waals surface area contributed by atoms with Crippen molar-refractivity contribution in [3.05, 3.63) is 42.5 Å². The smallest absolute Gasteiger partial charge is 0.320 e. The summed E-state index contributed by atoms with van der Waals surface area (Å²) in [5, 5.41) is 9.10. The van der Waals surface area contributed by atoms with Gasteiger partial charge < -0.3 is 16.6 Å². The number of benzene rings is 2. The van der Waals surface area contributed by atoms with E-state index in [0.717, 1.165) is 5.39 Å². The summed E-state index contributed by atoms with van der Waals surface area (Å²) in [5.41, 5.74) is 11.3. The average molecular weight is 336 g/mol. The SMILES string of the molecule is NC(CCC[C@H](N)C(=O)O)S(=O)(=O)c1cccc2ccccc12. The Balaban J connectivity index is 2.18. The summed E-state index contributed by atoms with van der Waals surface area (Å²) in [6, 6.07) is 11.3. The van der Waals surface area contributed by atoms with Gasteiger partial charge in [-0.2, -0.15) is 0 Å². The quantitative estimate of drug-likeness (QED) is 0.703. The monoisotopic (exact) mass is 336 g/mol. The fourth-order valence-corrected chi connectivity index (χ4v) is 3.99. The molecule has 0 spiro atoms. The van der Waals surface area contributed by atoms with Crippen LogP contribution in [0.2, 0.25) is 0 Å². The third-order valence-electron chi connectivity index (χ3n) is 3.78. The van der Waals surface area contributed by atoms with Crippen LogP contribution in [0.25, 0.3) is 10.8 Å². The van der Waals surface area contributed by atoms with Crippen LogP contribution in [0.5, 0.6) is 0 Å². The van der Waals surface area contributed by atoms with Crippen molar-refractivity contribution in [1.82, 2.24) is 0 Å². The lowest BCUT2D eigenvalue weighted by Crippen LogP contribution is -2.33. The summed E-state index contributed by atoms with van der Waals surface area (Å²) in [7, 11) is -3.69. The first kappa shape index (κ1) is 17.4. The molecule has 0 heterocycles. The molecule has 0 radical (unpaired) electrons. The Kier molecular flexibility index (Phi) is 5.35. The highest BCUT2D eigenvalue weighted by molar-refractivity contribution is 7.92. The van der Waals surface area contributed by atoms with E-state index in [0.29, 0.717) is 11.8 Å². The predicted octanol–water partition coefficient (Wildman–Crippen LogP) is 1.48. The summed E-state index contributed by atoms with van der Waals surface area (Å²) in [6.45, 7) is 0. The Morgan fingerprint density at radius 2 is 1.70 bits per heavy atom. The zero-order valence-electron chi connectivity index (χ0n) is 12.6. The van der Waals surface area contributed by atoms with Gasteiger partial charge in [0.2, 0.25) is 0 Å². The van der Waals surface area contributed by atoms with E-state index in [1.54, 1.807) is 24.3 Å². The molecule has 0 aromatic heterocycles. The molecule has 2 atom stereocenters. The van der Waals surface area contributed by atoms with Gasteiger partial charge in [0.15, 0.2) is 9.84 Å². The number of sulfone groups is 1. The van der Waals surface area contributed by atoms with Crippen molar-refractivity contribution in [3.63, 3.8) is 0 Å². The Morgan fingerprint density at radius 1 is 1.04 bits per heavy atom. The highest BCUT2D eigenvalue weighted by Gasteiger charge is 2.25. The molecule has 2 aromatic carbocycles. The molecule has 124 valence electrons. The molecule has 2 aromatic rings. The predicted molar refractivity (Wildman–Crippen MR) is 88.6 cm³/mol. The zero-order valence-corrected chi connectivity index (χ0v) is 13.4. The van der Waals surface area contributed by atoms with E-state index in [-0.39, 0.29) is 17.7 Å². The zero-order chi connectivity index (χ0) is 17.0. The van der Waals surface area contributed by atoms with E-state index >= 15 is 0 Å². The Hall–Kier alpha value is -1.96. The minimum Gasteiger partial charge on any atom is -0.480 e. The van der Waals surface area contributed by atoms with E-state index in [9.17, 15) is 13.2 Å². The molecular weight excluding hydrogens is 316 g/mol. The van der Waals surface area contributed by atoms with Crippen LogP contribution in [0.4, 0.5) is 0 Å².